The Hall–Kier alpha value is -1.50. The zero-order valence-corrected chi connectivity index (χ0v) is 13.7. The maximum Gasteiger partial charge on any atom is 0.293 e. The first-order valence-corrected chi connectivity index (χ1v) is 8.08. The van der Waals surface area contributed by atoms with Crippen LogP contribution in [0.5, 0.6) is 0 Å². The second kappa shape index (κ2) is 7.67. The molecule has 0 saturated carbocycles. The normalized spacial score (nSPS) is 16.5. The van der Waals surface area contributed by atoms with Crippen molar-refractivity contribution >= 4 is 58.1 Å². The minimum atomic E-state index is -0.393. The lowest BCUT2D eigenvalue weighted by atomic mass is 10.2. The van der Waals surface area contributed by atoms with Gasteiger partial charge in [0, 0.05) is 18.1 Å². The molecule has 0 unspecified atom stereocenters. The van der Waals surface area contributed by atoms with Crippen LogP contribution in [0, 0.1) is 0 Å². The molecule has 1 aromatic carbocycles. The van der Waals surface area contributed by atoms with Gasteiger partial charge < -0.3 is 5.32 Å². The number of nitrogens with one attached hydrogen (secondary N) is 1. The van der Waals surface area contributed by atoms with Crippen LogP contribution in [-0.2, 0) is 9.59 Å². The Balaban J connectivity index is 2.05. The highest BCUT2D eigenvalue weighted by Gasteiger charge is 2.34. The van der Waals surface area contributed by atoms with E-state index in [1.165, 1.54) is 0 Å². The maximum atomic E-state index is 12.2. The van der Waals surface area contributed by atoms with E-state index in [0.717, 1.165) is 16.7 Å². The number of imide groups is 1. The predicted octanol–water partition coefficient (Wildman–Crippen LogP) is 2.73. The van der Waals surface area contributed by atoms with Crippen LogP contribution in [0.4, 0.5) is 4.79 Å². The molecule has 8 heteroatoms. The molecule has 0 aromatic heterocycles. The Morgan fingerprint density at radius 3 is 2.73 bits per heavy atom. The number of carbonyl (C=O) groups excluding carboxylic acids is 3. The summed E-state index contributed by atoms with van der Waals surface area (Å²) in [5.74, 6) is -0.899. The SMILES string of the molecule is O=C(CCl)NCCN1C(=O)S/C(=C\c2ccccc2Cl)C1=O. The Morgan fingerprint density at radius 1 is 1.32 bits per heavy atom. The molecule has 2 rings (SSSR count). The van der Waals surface area contributed by atoms with E-state index in [2.05, 4.69) is 5.32 Å². The van der Waals surface area contributed by atoms with Crippen molar-refractivity contribution in [2.45, 2.75) is 0 Å². The van der Waals surface area contributed by atoms with Gasteiger partial charge >= 0.3 is 0 Å². The molecule has 1 aromatic rings. The summed E-state index contributed by atoms with van der Waals surface area (Å²) in [6.07, 6.45) is 1.59. The third-order valence-corrected chi connectivity index (χ3v) is 4.34. The number of benzene rings is 1. The minimum absolute atomic E-state index is 0.104. The van der Waals surface area contributed by atoms with Crippen LogP contribution in [0.15, 0.2) is 29.2 Å². The fraction of sp³-hybridized carbons (Fsp3) is 0.214. The summed E-state index contributed by atoms with van der Waals surface area (Å²) in [5, 5.41) is 2.64. The number of carbonyl (C=O) groups is 3. The Bertz CT molecular complexity index is 649. The van der Waals surface area contributed by atoms with Crippen molar-refractivity contribution in [3.8, 4) is 0 Å². The van der Waals surface area contributed by atoms with Gasteiger partial charge in [-0.05, 0) is 29.5 Å². The number of nitrogens with zero attached hydrogens (tertiary/aromatic N) is 1. The van der Waals surface area contributed by atoms with E-state index in [1.807, 2.05) is 0 Å². The molecule has 0 aliphatic carbocycles. The third kappa shape index (κ3) is 4.03. The van der Waals surface area contributed by atoms with E-state index >= 15 is 0 Å². The van der Waals surface area contributed by atoms with Crippen LogP contribution in [-0.4, -0.2) is 40.9 Å². The summed E-state index contributed by atoms with van der Waals surface area (Å²) in [6.45, 7) is 0.274. The molecule has 1 N–H and O–H groups in total. The second-order valence-corrected chi connectivity index (χ2v) is 6.01. The molecule has 1 aliphatic rings. The highest BCUT2D eigenvalue weighted by atomic mass is 35.5. The zero-order chi connectivity index (χ0) is 16.1. The minimum Gasteiger partial charge on any atom is -0.353 e. The standard InChI is InChI=1S/C14H12Cl2N2O3S/c15-8-12(19)17-5-6-18-13(20)11(22-14(18)21)7-9-3-1-2-4-10(9)16/h1-4,7H,5-6,8H2,(H,17,19)/b11-7-. The van der Waals surface area contributed by atoms with Crippen molar-refractivity contribution in [2.75, 3.05) is 19.0 Å². The molecular weight excluding hydrogens is 347 g/mol. The number of halogens is 2. The van der Waals surface area contributed by atoms with Gasteiger partial charge in [-0.15, -0.1) is 11.6 Å². The maximum absolute atomic E-state index is 12.2. The van der Waals surface area contributed by atoms with E-state index in [-0.39, 0.29) is 30.1 Å². The highest BCUT2D eigenvalue weighted by Crippen LogP contribution is 2.33. The number of amides is 3. The van der Waals surface area contributed by atoms with Crippen molar-refractivity contribution in [2.24, 2.45) is 0 Å². The lowest BCUT2D eigenvalue weighted by Crippen LogP contribution is -2.37. The van der Waals surface area contributed by atoms with Gasteiger partial charge in [-0.1, -0.05) is 29.8 Å². The van der Waals surface area contributed by atoms with Crippen molar-refractivity contribution in [3.05, 3.63) is 39.8 Å². The van der Waals surface area contributed by atoms with E-state index < -0.39 is 5.91 Å². The molecular formula is C14H12Cl2N2O3S. The van der Waals surface area contributed by atoms with Crippen LogP contribution in [0.3, 0.4) is 0 Å². The fourth-order valence-corrected chi connectivity index (χ4v) is 2.92. The molecule has 0 radical (unpaired) electrons. The van der Waals surface area contributed by atoms with Gasteiger partial charge in [-0.3, -0.25) is 19.3 Å². The molecule has 1 fully saturated rings. The molecule has 0 bridgehead atoms. The molecule has 0 atom stereocenters. The van der Waals surface area contributed by atoms with Gasteiger partial charge in [0.05, 0.1) is 4.91 Å². The predicted molar refractivity (Wildman–Crippen MR) is 87.9 cm³/mol. The fourth-order valence-electron chi connectivity index (χ4n) is 1.78. The second-order valence-electron chi connectivity index (χ2n) is 4.34. The van der Waals surface area contributed by atoms with Crippen LogP contribution in [0.25, 0.3) is 6.08 Å². The Labute approximate surface area is 141 Å². The summed E-state index contributed by atoms with van der Waals surface area (Å²) < 4.78 is 0. The lowest BCUT2D eigenvalue weighted by Gasteiger charge is -2.12. The van der Waals surface area contributed by atoms with Crippen LogP contribution >= 0.6 is 35.0 Å². The van der Waals surface area contributed by atoms with E-state index in [4.69, 9.17) is 23.2 Å². The Kier molecular flexibility index (Phi) is 5.88. The van der Waals surface area contributed by atoms with Gasteiger partial charge in [-0.2, -0.15) is 0 Å². The zero-order valence-electron chi connectivity index (χ0n) is 11.3. The molecule has 1 aliphatic heterocycles. The lowest BCUT2D eigenvalue weighted by molar-refractivity contribution is -0.123. The van der Waals surface area contributed by atoms with Crippen molar-refractivity contribution in [3.63, 3.8) is 0 Å². The molecule has 116 valence electrons. The largest absolute Gasteiger partial charge is 0.353 e. The summed E-state index contributed by atoms with van der Waals surface area (Å²) in [7, 11) is 0. The van der Waals surface area contributed by atoms with Gasteiger partial charge in [0.1, 0.15) is 5.88 Å². The smallest absolute Gasteiger partial charge is 0.293 e. The molecule has 1 saturated heterocycles. The van der Waals surface area contributed by atoms with Crippen LogP contribution in [0.2, 0.25) is 5.02 Å². The number of rotatable bonds is 5. The molecule has 5 nitrogen and oxygen atoms in total. The highest BCUT2D eigenvalue weighted by molar-refractivity contribution is 8.18. The van der Waals surface area contributed by atoms with E-state index in [0.29, 0.717) is 15.5 Å². The summed E-state index contributed by atoms with van der Waals surface area (Å²) in [5.41, 5.74) is 0.671. The molecule has 22 heavy (non-hydrogen) atoms. The Morgan fingerprint density at radius 2 is 2.05 bits per heavy atom. The van der Waals surface area contributed by atoms with Gasteiger partial charge in [0.2, 0.25) is 5.91 Å². The number of hydrogen-bond acceptors (Lipinski definition) is 4. The van der Waals surface area contributed by atoms with Crippen molar-refractivity contribution in [1.82, 2.24) is 10.2 Å². The molecule has 3 amide bonds. The van der Waals surface area contributed by atoms with Crippen LogP contribution < -0.4 is 5.32 Å². The quantitative estimate of drug-likeness (QED) is 0.649. The van der Waals surface area contributed by atoms with E-state index in [1.54, 1.807) is 30.3 Å². The average Bonchev–Trinajstić information content (AvgIpc) is 2.76. The molecule has 0 spiro atoms. The van der Waals surface area contributed by atoms with E-state index in [9.17, 15) is 14.4 Å². The summed E-state index contributed by atoms with van der Waals surface area (Å²) in [4.78, 5) is 36.5. The topological polar surface area (TPSA) is 66.5 Å². The average molecular weight is 359 g/mol. The van der Waals surface area contributed by atoms with Crippen molar-refractivity contribution in [1.29, 1.82) is 0 Å². The van der Waals surface area contributed by atoms with Gasteiger partial charge in [-0.25, -0.2) is 0 Å². The number of alkyl halides is 1. The monoisotopic (exact) mass is 358 g/mol. The summed E-state index contributed by atoms with van der Waals surface area (Å²) >= 11 is 12.2. The first kappa shape index (κ1) is 16.9. The first-order chi connectivity index (χ1) is 10.5. The number of thioether (sulfide) groups is 1. The number of hydrogen-bond donors (Lipinski definition) is 1. The summed E-state index contributed by atoms with van der Waals surface area (Å²) in [6, 6.07) is 7.05. The third-order valence-electron chi connectivity index (χ3n) is 2.84. The van der Waals surface area contributed by atoms with Gasteiger partial charge in [0.25, 0.3) is 11.1 Å². The van der Waals surface area contributed by atoms with Crippen molar-refractivity contribution < 1.29 is 14.4 Å². The first-order valence-electron chi connectivity index (χ1n) is 6.35. The van der Waals surface area contributed by atoms with Gasteiger partial charge in [0.15, 0.2) is 0 Å². The molecule has 1 heterocycles. The van der Waals surface area contributed by atoms with Crippen LogP contribution in [0.1, 0.15) is 5.56 Å².